The number of benzene rings is 2. The predicted molar refractivity (Wildman–Crippen MR) is 96.7 cm³/mol. The highest BCUT2D eigenvalue weighted by Crippen LogP contribution is 2.18. The molecule has 2 aromatic rings. The lowest BCUT2D eigenvalue weighted by molar-refractivity contribution is -0.131. The monoisotopic (exact) mass is 386 g/mol. The van der Waals surface area contributed by atoms with Crippen molar-refractivity contribution < 1.29 is 9.59 Å². The average Bonchev–Trinajstić information content (AvgIpc) is 2.61. The van der Waals surface area contributed by atoms with Crippen molar-refractivity contribution in [2.45, 2.75) is 19.4 Å². The van der Waals surface area contributed by atoms with E-state index in [4.69, 9.17) is 0 Å². The minimum Gasteiger partial charge on any atom is -0.352 e. The SMILES string of the molecule is O=C(NCCC(=O)N1CCc2ccccc2C1)c1cccc(Br)c1. The van der Waals surface area contributed by atoms with Gasteiger partial charge in [0.1, 0.15) is 0 Å². The Morgan fingerprint density at radius 2 is 1.88 bits per heavy atom. The Morgan fingerprint density at radius 3 is 2.67 bits per heavy atom. The maximum absolute atomic E-state index is 12.3. The van der Waals surface area contributed by atoms with E-state index >= 15 is 0 Å². The van der Waals surface area contributed by atoms with Crippen molar-refractivity contribution in [1.82, 2.24) is 10.2 Å². The van der Waals surface area contributed by atoms with Crippen LogP contribution >= 0.6 is 15.9 Å². The van der Waals surface area contributed by atoms with E-state index in [1.165, 1.54) is 11.1 Å². The number of carbonyl (C=O) groups excluding carboxylic acids is 2. The van der Waals surface area contributed by atoms with E-state index in [0.29, 0.717) is 25.1 Å². The normalized spacial score (nSPS) is 13.3. The maximum atomic E-state index is 12.3. The van der Waals surface area contributed by atoms with Crippen molar-refractivity contribution in [1.29, 1.82) is 0 Å². The molecule has 1 heterocycles. The van der Waals surface area contributed by atoms with Gasteiger partial charge in [-0.25, -0.2) is 0 Å². The number of nitrogens with zero attached hydrogens (tertiary/aromatic N) is 1. The molecule has 0 saturated heterocycles. The van der Waals surface area contributed by atoms with Crippen molar-refractivity contribution >= 4 is 27.7 Å². The lowest BCUT2D eigenvalue weighted by atomic mass is 10.00. The third-order valence-corrected chi connectivity index (χ3v) is 4.69. The van der Waals surface area contributed by atoms with Crippen LogP contribution in [0.5, 0.6) is 0 Å². The van der Waals surface area contributed by atoms with Gasteiger partial charge in [-0.3, -0.25) is 9.59 Å². The van der Waals surface area contributed by atoms with Crippen LogP contribution in [0.15, 0.2) is 53.0 Å². The smallest absolute Gasteiger partial charge is 0.251 e. The first-order chi connectivity index (χ1) is 11.6. The van der Waals surface area contributed by atoms with Gasteiger partial charge in [0, 0.05) is 36.1 Å². The largest absolute Gasteiger partial charge is 0.352 e. The summed E-state index contributed by atoms with van der Waals surface area (Å²) in [5.74, 6) is -0.0767. The molecule has 124 valence electrons. The molecule has 2 amide bonds. The number of halogens is 1. The van der Waals surface area contributed by atoms with Crippen LogP contribution in [0.3, 0.4) is 0 Å². The molecule has 0 atom stereocenters. The minimum absolute atomic E-state index is 0.0824. The zero-order valence-electron chi connectivity index (χ0n) is 13.3. The molecule has 1 N–H and O–H groups in total. The van der Waals surface area contributed by atoms with Gasteiger partial charge in [0.25, 0.3) is 5.91 Å². The van der Waals surface area contributed by atoms with Gasteiger partial charge >= 0.3 is 0 Å². The average molecular weight is 387 g/mol. The molecule has 0 saturated carbocycles. The van der Waals surface area contributed by atoms with E-state index in [0.717, 1.165) is 17.4 Å². The first kappa shape index (κ1) is 16.7. The summed E-state index contributed by atoms with van der Waals surface area (Å²) >= 11 is 3.35. The Balaban J connectivity index is 1.49. The number of nitrogens with one attached hydrogen (secondary N) is 1. The summed E-state index contributed by atoms with van der Waals surface area (Å²) in [5.41, 5.74) is 3.13. The number of fused-ring (bicyclic) bond motifs is 1. The Bertz CT molecular complexity index is 761. The molecule has 1 aliphatic rings. The second-order valence-electron chi connectivity index (χ2n) is 5.85. The second-order valence-corrected chi connectivity index (χ2v) is 6.77. The van der Waals surface area contributed by atoms with Crippen LogP contribution in [0, 0.1) is 0 Å². The fraction of sp³-hybridized carbons (Fsp3) is 0.263. The van der Waals surface area contributed by atoms with Crippen LogP contribution in [-0.4, -0.2) is 29.8 Å². The molecule has 1 aliphatic heterocycles. The first-order valence-electron chi connectivity index (χ1n) is 8.02. The van der Waals surface area contributed by atoms with Crippen molar-refractivity contribution in [2.24, 2.45) is 0 Å². The van der Waals surface area contributed by atoms with Gasteiger partial charge < -0.3 is 10.2 Å². The molecular formula is C19H19BrN2O2. The molecule has 0 aliphatic carbocycles. The van der Waals surface area contributed by atoms with E-state index in [1.54, 1.807) is 12.1 Å². The van der Waals surface area contributed by atoms with Crippen LogP contribution in [0.2, 0.25) is 0 Å². The summed E-state index contributed by atoms with van der Waals surface area (Å²) in [6.45, 7) is 1.76. The van der Waals surface area contributed by atoms with Crippen LogP contribution in [0.25, 0.3) is 0 Å². The van der Waals surface area contributed by atoms with Gasteiger partial charge in [-0.1, -0.05) is 46.3 Å². The van der Waals surface area contributed by atoms with Crippen molar-refractivity contribution in [3.05, 3.63) is 69.7 Å². The molecule has 0 bridgehead atoms. The lowest BCUT2D eigenvalue weighted by Crippen LogP contribution is -2.38. The molecule has 24 heavy (non-hydrogen) atoms. The molecular weight excluding hydrogens is 368 g/mol. The Labute approximate surface area is 150 Å². The van der Waals surface area contributed by atoms with Crippen LogP contribution < -0.4 is 5.32 Å². The summed E-state index contributed by atoms with van der Waals surface area (Å²) in [4.78, 5) is 26.3. The number of hydrogen-bond donors (Lipinski definition) is 1. The minimum atomic E-state index is -0.159. The van der Waals surface area contributed by atoms with Crippen molar-refractivity contribution in [3.8, 4) is 0 Å². The summed E-state index contributed by atoms with van der Waals surface area (Å²) < 4.78 is 0.859. The fourth-order valence-corrected chi connectivity index (χ4v) is 3.28. The zero-order chi connectivity index (χ0) is 16.9. The van der Waals surface area contributed by atoms with E-state index in [-0.39, 0.29) is 11.8 Å². The molecule has 5 heteroatoms. The Kier molecular flexibility index (Phi) is 5.30. The molecule has 3 rings (SSSR count). The summed E-state index contributed by atoms with van der Waals surface area (Å²) in [6, 6.07) is 15.4. The highest BCUT2D eigenvalue weighted by atomic mass is 79.9. The first-order valence-corrected chi connectivity index (χ1v) is 8.81. The summed E-state index contributed by atoms with van der Waals surface area (Å²) in [6.07, 6.45) is 1.22. The van der Waals surface area contributed by atoms with Gasteiger partial charge in [0.2, 0.25) is 5.91 Å². The Hall–Kier alpha value is -2.14. The fourth-order valence-electron chi connectivity index (χ4n) is 2.88. The van der Waals surface area contributed by atoms with Gasteiger partial charge in [0.15, 0.2) is 0 Å². The number of hydrogen-bond acceptors (Lipinski definition) is 2. The van der Waals surface area contributed by atoms with Gasteiger partial charge in [0.05, 0.1) is 0 Å². The molecule has 0 fully saturated rings. The maximum Gasteiger partial charge on any atom is 0.251 e. The summed E-state index contributed by atoms with van der Waals surface area (Å²) in [7, 11) is 0. The zero-order valence-corrected chi connectivity index (χ0v) is 14.9. The van der Waals surface area contributed by atoms with Crippen molar-refractivity contribution in [2.75, 3.05) is 13.1 Å². The Morgan fingerprint density at radius 1 is 1.08 bits per heavy atom. The number of rotatable bonds is 4. The van der Waals surface area contributed by atoms with Gasteiger partial charge in [-0.05, 0) is 35.7 Å². The summed E-state index contributed by atoms with van der Waals surface area (Å²) in [5, 5.41) is 2.81. The quantitative estimate of drug-likeness (QED) is 0.876. The number of amides is 2. The topological polar surface area (TPSA) is 49.4 Å². The second kappa shape index (κ2) is 7.62. The number of carbonyl (C=O) groups is 2. The highest BCUT2D eigenvalue weighted by Gasteiger charge is 2.20. The van der Waals surface area contributed by atoms with E-state index in [2.05, 4.69) is 33.4 Å². The van der Waals surface area contributed by atoms with Crippen LogP contribution in [0.1, 0.15) is 27.9 Å². The molecule has 0 radical (unpaired) electrons. The van der Waals surface area contributed by atoms with E-state index in [1.807, 2.05) is 29.2 Å². The third-order valence-electron chi connectivity index (χ3n) is 4.19. The third kappa shape index (κ3) is 4.03. The van der Waals surface area contributed by atoms with Gasteiger partial charge in [-0.2, -0.15) is 0 Å². The van der Waals surface area contributed by atoms with E-state index in [9.17, 15) is 9.59 Å². The lowest BCUT2D eigenvalue weighted by Gasteiger charge is -2.29. The molecule has 0 aromatic heterocycles. The predicted octanol–water partition coefficient (Wildman–Crippen LogP) is 3.15. The molecule has 0 unspecified atom stereocenters. The molecule has 4 nitrogen and oxygen atoms in total. The standard InChI is InChI=1S/C19H19BrN2O2/c20-17-7-3-6-15(12-17)19(24)21-10-8-18(23)22-11-9-14-4-1-2-5-16(14)13-22/h1-7,12H,8-11,13H2,(H,21,24). The van der Waals surface area contributed by atoms with E-state index < -0.39 is 0 Å². The molecule has 0 spiro atoms. The van der Waals surface area contributed by atoms with Crippen LogP contribution in [-0.2, 0) is 17.8 Å². The van der Waals surface area contributed by atoms with Crippen LogP contribution in [0.4, 0.5) is 0 Å². The highest BCUT2D eigenvalue weighted by molar-refractivity contribution is 9.10. The molecule has 2 aromatic carbocycles. The van der Waals surface area contributed by atoms with Crippen molar-refractivity contribution in [3.63, 3.8) is 0 Å². The van der Waals surface area contributed by atoms with Gasteiger partial charge in [-0.15, -0.1) is 0 Å².